The lowest BCUT2D eigenvalue weighted by Crippen LogP contribution is -2.55. The number of benzene rings is 1. The molecule has 30 heavy (non-hydrogen) atoms. The molecule has 1 aliphatic heterocycles. The lowest BCUT2D eigenvalue weighted by molar-refractivity contribution is -0.138. The van der Waals surface area contributed by atoms with Gasteiger partial charge >= 0.3 is 0 Å². The molecule has 1 aromatic carbocycles. The Labute approximate surface area is 183 Å². The van der Waals surface area contributed by atoms with Crippen molar-refractivity contribution in [2.45, 2.75) is 90.5 Å². The molecule has 1 amide bonds. The summed E-state index contributed by atoms with van der Waals surface area (Å²) in [6.07, 6.45) is 9.30. The maximum absolute atomic E-state index is 13.6. The van der Waals surface area contributed by atoms with Gasteiger partial charge in [0, 0.05) is 11.5 Å². The highest BCUT2D eigenvalue weighted by Gasteiger charge is 2.55. The third-order valence-electron chi connectivity index (χ3n) is 8.26. The number of amides is 1. The molecule has 1 heterocycles. The van der Waals surface area contributed by atoms with E-state index in [1.54, 1.807) is 0 Å². The molecule has 2 bridgehead atoms. The SMILES string of the molecule is CC(CC1CCNCC1)NC(=O)C1(C)CC2CC(C)(C)CC(c3ccccc3)(C2)C1. The summed E-state index contributed by atoms with van der Waals surface area (Å²) in [4.78, 5) is 13.6. The van der Waals surface area contributed by atoms with Crippen molar-refractivity contribution in [2.75, 3.05) is 13.1 Å². The Balaban J connectivity index is 1.51. The first-order valence-electron chi connectivity index (χ1n) is 12.3. The fourth-order valence-corrected chi connectivity index (χ4v) is 7.56. The predicted octanol–water partition coefficient (Wildman–Crippen LogP) is 5.45. The van der Waals surface area contributed by atoms with Gasteiger partial charge in [-0.15, -0.1) is 0 Å². The van der Waals surface area contributed by atoms with Crippen LogP contribution in [0.4, 0.5) is 0 Å². The predicted molar refractivity (Wildman–Crippen MR) is 124 cm³/mol. The van der Waals surface area contributed by atoms with Gasteiger partial charge in [-0.3, -0.25) is 4.79 Å². The van der Waals surface area contributed by atoms with Crippen molar-refractivity contribution in [1.29, 1.82) is 0 Å². The fourth-order valence-electron chi connectivity index (χ4n) is 7.56. The second kappa shape index (κ2) is 8.30. The van der Waals surface area contributed by atoms with Crippen LogP contribution in [0.3, 0.4) is 0 Å². The minimum Gasteiger partial charge on any atom is -0.353 e. The highest BCUT2D eigenvalue weighted by atomic mass is 16.2. The lowest BCUT2D eigenvalue weighted by Gasteiger charge is -2.57. The van der Waals surface area contributed by atoms with Crippen molar-refractivity contribution in [3.63, 3.8) is 0 Å². The van der Waals surface area contributed by atoms with Gasteiger partial charge in [-0.25, -0.2) is 0 Å². The van der Waals surface area contributed by atoms with Gasteiger partial charge < -0.3 is 10.6 Å². The molecule has 0 aromatic heterocycles. The Kier molecular flexibility index (Phi) is 6.05. The Morgan fingerprint density at radius 2 is 1.77 bits per heavy atom. The molecular weight excluding hydrogens is 368 g/mol. The molecule has 1 aromatic rings. The van der Waals surface area contributed by atoms with E-state index >= 15 is 0 Å². The maximum atomic E-state index is 13.6. The molecule has 3 nitrogen and oxygen atoms in total. The van der Waals surface area contributed by atoms with Crippen molar-refractivity contribution in [2.24, 2.45) is 22.7 Å². The molecule has 4 atom stereocenters. The molecular formula is C27H42N2O. The second-order valence-electron chi connectivity index (χ2n) is 12.0. The number of hydrogen-bond acceptors (Lipinski definition) is 2. The second-order valence-corrected chi connectivity index (χ2v) is 12.0. The van der Waals surface area contributed by atoms with Crippen LogP contribution in [0, 0.1) is 22.7 Å². The molecule has 2 aliphatic carbocycles. The number of carbonyl (C=O) groups excluding carboxylic acids is 1. The Bertz CT molecular complexity index is 738. The van der Waals surface area contributed by atoms with Crippen LogP contribution in [0.2, 0.25) is 0 Å². The topological polar surface area (TPSA) is 41.1 Å². The molecule has 3 heteroatoms. The van der Waals surface area contributed by atoms with E-state index in [9.17, 15) is 4.79 Å². The lowest BCUT2D eigenvalue weighted by atomic mass is 9.47. The molecule has 2 saturated carbocycles. The molecule has 2 N–H and O–H groups in total. The van der Waals surface area contributed by atoms with Crippen molar-refractivity contribution in [1.82, 2.24) is 10.6 Å². The van der Waals surface area contributed by atoms with E-state index in [-0.39, 0.29) is 16.9 Å². The van der Waals surface area contributed by atoms with Crippen LogP contribution in [0.5, 0.6) is 0 Å². The van der Waals surface area contributed by atoms with Gasteiger partial charge in [0.25, 0.3) is 0 Å². The van der Waals surface area contributed by atoms with Crippen molar-refractivity contribution in [3.8, 4) is 0 Å². The fraction of sp³-hybridized carbons (Fsp3) is 0.741. The molecule has 4 unspecified atom stereocenters. The summed E-state index contributed by atoms with van der Waals surface area (Å²) in [5.74, 6) is 1.68. The van der Waals surface area contributed by atoms with Gasteiger partial charge in [-0.2, -0.15) is 0 Å². The minimum absolute atomic E-state index is 0.135. The first-order chi connectivity index (χ1) is 14.2. The number of piperidine rings is 1. The van der Waals surface area contributed by atoms with Crippen LogP contribution in [-0.4, -0.2) is 25.0 Å². The average Bonchev–Trinajstić information content (AvgIpc) is 2.67. The van der Waals surface area contributed by atoms with Gasteiger partial charge in [0.15, 0.2) is 0 Å². The normalized spacial score (nSPS) is 34.9. The maximum Gasteiger partial charge on any atom is 0.226 e. The highest BCUT2D eigenvalue weighted by molar-refractivity contribution is 5.83. The molecule has 3 aliphatic rings. The number of fused-ring (bicyclic) bond motifs is 2. The van der Waals surface area contributed by atoms with Gasteiger partial charge in [-0.1, -0.05) is 51.1 Å². The third-order valence-corrected chi connectivity index (χ3v) is 8.26. The Morgan fingerprint density at radius 3 is 2.47 bits per heavy atom. The molecule has 1 saturated heterocycles. The van der Waals surface area contributed by atoms with Crippen molar-refractivity contribution < 1.29 is 4.79 Å². The number of carbonyl (C=O) groups is 1. The van der Waals surface area contributed by atoms with E-state index in [4.69, 9.17) is 0 Å². The number of rotatable bonds is 5. The summed E-state index contributed by atoms with van der Waals surface area (Å²) in [5.41, 5.74) is 1.66. The highest BCUT2D eigenvalue weighted by Crippen LogP contribution is 2.61. The summed E-state index contributed by atoms with van der Waals surface area (Å²) >= 11 is 0. The summed E-state index contributed by atoms with van der Waals surface area (Å²) < 4.78 is 0. The van der Waals surface area contributed by atoms with Gasteiger partial charge in [0.2, 0.25) is 5.91 Å². The number of nitrogens with one attached hydrogen (secondary N) is 2. The molecule has 3 fully saturated rings. The average molecular weight is 411 g/mol. The largest absolute Gasteiger partial charge is 0.353 e. The van der Waals surface area contributed by atoms with Crippen LogP contribution in [0.1, 0.15) is 84.6 Å². The molecule has 4 rings (SSSR count). The summed E-state index contributed by atoms with van der Waals surface area (Å²) in [6, 6.07) is 11.3. The van der Waals surface area contributed by atoms with E-state index in [0.29, 0.717) is 17.2 Å². The van der Waals surface area contributed by atoms with E-state index in [2.05, 4.69) is 68.7 Å². The molecule has 0 spiro atoms. The van der Waals surface area contributed by atoms with E-state index < -0.39 is 0 Å². The minimum atomic E-state index is -0.266. The smallest absolute Gasteiger partial charge is 0.226 e. The van der Waals surface area contributed by atoms with Crippen LogP contribution >= 0.6 is 0 Å². The van der Waals surface area contributed by atoms with E-state index in [1.165, 1.54) is 37.7 Å². The first-order valence-corrected chi connectivity index (χ1v) is 12.3. The van der Waals surface area contributed by atoms with Crippen LogP contribution < -0.4 is 10.6 Å². The summed E-state index contributed by atoms with van der Waals surface area (Å²) in [5, 5.41) is 6.90. The van der Waals surface area contributed by atoms with E-state index in [0.717, 1.165) is 38.3 Å². The quantitative estimate of drug-likeness (QED) is 0.678. The van der Waals surface area contributed by atoms with Crippen molar-refractivity contribution in [3.05, 3.63) is 35.9 Å². The van der Waals surface area contributed by atoms with Crippen LogP contribution in [0.25, 0.3) is 0 Å². The monoisotopic (exact) mass is 410 g/mol. The van der Waals surface area contributed by atoms with Crippen LogP contribution in [0.15, 0.2) is 30.3 Å². The zero-order valence-corrected chi connectivity index (χ0v) is 19.6. The van der Waals surface area contributed by atoms with Crippen molar-refractivity contribution >= 4 is 5.91 Å². The van der Waals surface area contributed by atoms with E-state index in [1.807, 2.05) is 0 Å². The zero-order chi connectivity index (χ0) is 21.4. The first kappa shape index (κ1) is 21.9. The van der Waals surface area contributed by atoms with Gasteiger partial charge in [-0.05, 0) is 99.6 Å². The van der Waals surface area contributed by atoms with Gasteiger partial charge in [0.1, 0.15) is 0 Å². The van der Waals surface area contributed by atoms with Gasteiger partial charge in [0.05, 0.1) is 0 Å². The third kappa shape index (κ3) is 4.61. The summed E-state index contributed by atoms with van der Waals surface area (Å²) in [6.45, 7) is 11.6. The Morgan fingerprint density at radius 1 is 1.07 bits per heavy atom. The molecule has 166 valence electrons. The summed E-state index contributed by atoms with van der Waals surface area (Å²) in [7, 11) is 0. The number of hydrogen-bond donors (Lipinski definition) is 2. The molecule has 0 radical (unpaired) electrons. The zero-order valence-electron chi connectivity index (χ0n) is 19.6. The Hall–Kier alpha value is -1.35. The van der Waals surface area contributed by atoms with Crippen LogP contribution in [-0.2, 0) is 10.2 Å². The standard InChI is InChI=1S/C27H42N2O/c1-20(14-21-10-12-28-13-11-21)29-24(30)26(4)16-22-15-25(2,3)18-27(17-22,19-26)23-8-6-5-7-9-23/h5-9,20-22,28H,10-19H2,1-4H3,(H,29,30).